The molecule has 2 atom stereocenters. The van der Waals surface area contributed by atoms with Crippen LogP contribution in [0.3, 0.4) is 0 Å². The molecule has 3 aromatic rings. The van der Waals surface area contributed by atoms with Gasteiger partial charge in [0, 0.05) is 24.7 Å². The number of anilines is 1. The van der Waals surface area contributed by atoms with E-state index in [1.807, 2.05) is 18.2 Å². The van der Waals surface area contributed by atoms with Crippen LogP contribution < -0.4 is 20.3 Å². The van der Waals surface area contributed by atoms with Gasteiger partial charge < -0.3 is 20.3 Å². The number of amides is 3. The monoisotopic (exact) mass is 493 g/mol. The molecule has 3 aromatic carbocycles. The highest BCUT2D eigenvalue weighted by Gasteiger charge is 2.34. The van der Waals surface area contributed by atoms with E-state index < -0.39 is 35.5 Å². The summed E-state index contributed by atoms with van der Waals surface area (Å²) in [5.74, 6) is -2.54. The maximum atomic E-state index is 13.5. The maximum Gasteiger partial charge on any atom is 0.253 e. The summed E-state index contributed by atoms with van der Waals surface area (Å²) in [6, 6.07) is 13.5. The van der Waals surface area contributed by atoms with Gasteiger partial charge in [-0.05, 0) is 47.9 Å². The molecule has 0 bridgehead atoms. The molecule has 0 radical (unpaired) electrons. The number of benzene rings is 3. The second kappa shape index (κ2) is 10.2. The van der Waals surface area contributed by atoms with E-state index in [-0.39, 0.29) is 17.9 Å². The summed E-state index contributed by atoms with van der Waals surface area (Å²) in [5.41, 5.74) is 2.97. The van der Waals surface area contributed by atoms with Gasteiger partial charge in [0.25, 0.3) is 5.91 Å². The van der Waals surface area contributed by atoms with E-state index in [4.69, 9.17) is 4.74 Å². The van der Waals surface area contributed by atoms with Gasteiger partial charge in [-0.15, -0.1) is 0 Å². The minimum absolute atomic E-state index is 0.139. The van der Waals surface area contributed by atoms with Crippen molar-refractivity contribution in [3.63, 3.8) is 0 Å². The fourth-order valence-electron chi connectivity index (χ4n) is 4.25. The molecule has 3 amide bonds. The number of carbonyl (C=O) groups is 3. The summed E-state index contributed by atoms with van der Waals surface area (Å²) >= 11 is 0. The zero-order chi connectivity index (χ0) is 26.0. The molecule has 0 spiro atoms. The average molecular weight is 494 g/mol. The number of ether oxygens (including phenoxy) is 1. The molecule has 1 heterocycles. The molecule has 1 unspecified atom stereocenters. The van der Waals surface area contributed by atoms with Gasteiger partial charge in [0.2, 0.25) is 11.8 Å². The second-order valence-corrected chi connectivity index (χ2v) is 8.55. The Balaban J connectivity index is 1.54. The average Bonchev–Trinajstić information content (AvgIpc) is 2.92. The predicted octanol–water partition coefficient (Wildman–Crippen LogP) is 3.52. The lowest BCUT2D eigenvalue weighted by molar-refractivity contribution is -0.130. The minimum Gasteiger partial charge on any atom is -0.497 e. The van der Waals surface area contributed by atoms with Crippen LogP contribution in [0, 0.1) is 11.6 Å². The Morgan fingerprint density at radius 2 is 1.72 bits per heavy atom. The third-order valence-corrected chi connectivity index (χ3v) is 6.05. The maximum absolute atomic E-state index is 13.5. The van der Waals surface area contributed by atoms with Gasteiger partial charge in [-0.3, -0.25) is 14.4 Å². The topological polar surface area (TPSA) is 87.7 Å². The van der Waals surface area contributed by atoms with Crippen molar-refractivity contribution < 1.29 is 27.9 Å². The molecular formula is C27H25F2N3O4. The van der Waals surface area contributed by atoms with E-state index in [0.29, 0.717) is 23.1 Å². The number of hydrogen-bond acceptors (Lipinski definition) is 4. The molecule has 0 aromatic heterocycles. The van der Waals surface area contributed by atoms with E-state index in [1.165, 1.54) is 18.9 Å². The standard InChI is InChI=1S/C27H25F2N3O4/c1-15(30-24(33)12-16-10-17(28)13-18(29)11-16)26(34)31-25-22-7-5-4-6-20(22)21-9-8-19(36-3)14-23(21)32(2)27(25)35/h4-11,13-15,25H,12H2,1-3H3,(H,30,33)(H,31,34)/t15-,25?/m0/s1. The van der Waals surface area contributed by atoms with Crippen molar-refractivity contribution in [2.24, 2.45) is 0 Å². The van der Waals surface area contributed by atoms with Gasteiger partial charge in [-0.1, -0.05) is 24.3 Å². The van der Waals surface area contributed by atoms with Crippen LogP contribution in [-0.2, 0) is 20.8 Å². The highest BCUT2D eigenvalue weighted by molar-refractivity contribution is 6.06. The van der Waals surface area contributed by atoms with Crippen LogP contribution >= 0.6 is 0 Å². The van der Waals surface area contributed by atoms with E-state index >= 15 is 0 Å². The van der Waals surface area contributed by atoms with Crippen LogP contribution in [0.1, 0.15) is 24.1 Å². The zero-order valence-electron chi connectivity index (χ0n) is 20.0. The highest BCUT2D eigenvalue weighted by atomic mass is 19.1. The number of nitrogens with one attached hydrogen (secondary N) is 2. The number of hydrogen-bond donors (Lipinski definition) is 2. The molecule has 0 fully saturated rings. The van der Waals surface area contributed by atoms with Crippen molar-refractivity contribution in [3.05, 3.63) is 83.4 Å². The lowest BCUT2D eigenvalue weighted by Crippen LogP contribution is -2.49. The van der Waals surface area contributed by atoms with Crippen molar-refractivity contribution in [1.29, 1.82) is 0 Å². The van der Waals surface area contributed by atoms with Crippen LogP contribution in [-0.4, -0.2) is 37.9 Å². The highest BCUT2D eigenvalue weighted by Crippen LogP contribution is 2.41. The smallest absolute Gasteiger partial charge is 0.253 e. The molecule has 0 saturated carbocycles. The SMILES string of the molecule is COc1ccc2c(c1)N(C)C(=O)C(NC(=O)[C@H](C)NC(=O)Cc1cc(F)cc(F)c1)c1ccccc1-2. The normalized spacial score (nSPS) is 15.3. The summed E-state index contributed by atoms with van der Waals surface area (Å²) in [6.45, 7) is 1.47. The molecule has 4 rings (SSSR count). The molecular weight excluding hydrogens is 468 g/mol. The van der Waals surface area contributed by atoms with Crippen LogP contribution in [0.2, 0.25) is 0 Å². The van der Waals surface area contributed by atoms with Crippen molar-refractivity contribution in [1.82, 2.24) is 10.6 Å². The van der Waals surface area contributed by atoms with E-state index in [2.05, 4.69) is 10.6 Å². The first-order valence-electron chi connectivity index (χ1n) is 11.3. The van der Waals surface area contributed by atoms with E-state index in [9.17, 15) is 23.2 Å². The van der Waals surface area contributed by atoms with Gasteiger partial charge in [-0.25, -0.2) is 8.78 Å². The van der Waals surface area contributed by atoms with Crippen LogP contribution in [0.5, 0.6) is 5.75 Å². The van der Waals surface area contributed by atoms with Crippen molar-refractivity contribution >= 4 is 23.4 Å². The Morgan fingerprint density at radius 3 is 2.42 bits per heavy atom. The van der Waals surface area contributed by atoms with E-state index in [1.54, 1.807) is 31.3 Å². The molecule has 36 heavy (non-hydrogen) atoms. The molecule has 7 nitrogen and oxygen atoms in total. The van der Waals surface area contributed by atoms with Gasteiger partial charge in [-0.2, -0.15) is 0 Å². The van der Waals surface area contributed by atoms with Crippen molar-refractivity contribution in [3.8, 4) is 16.9 Å². The third-order valence-electron chi connectivity index (χ3n) is 6.05. The number of rotatable bonds is 6. The predicted molar refractivity (Wildman–Crippen MR) is 130 cm³/mol. The van der Waals surface area contributed by atoms with Crippen molar-refractivity contribution in [2.75, 3.05) is 19.1 Å². The first kappa shape index (κ1) is 24.8. The zero-order valence-corrected chi connectivity index (χ0v) is 20.0. The molecule has 2 N–H and O–H groups in total. The molecule has 1 aliphatic heterocycles. The first-order chi connectivity index (χ1) is 17.2. The van der Waals surface area contributed by atoms with Gasteiger partial charge in [0.05, 0.1) is 19.2 Å². The summed E-state index contributed by atoms with van der Waals surface area (Å²) < 4.78 is 32.1. The third kappa shape index (κ3) is 5.05. The molecule has 9 heteroatoms. The van der Waals surface area contributed by atoms with Crippen LogP contribution in [0.4, 0.5) is 14.5 Å². The van der Waals surface area contributed by atoms with Gasteiger partial charge in [0.15, 0.2) is 0 Å². The summed E-state index contributed by atoms with van der Waals surface area (Å²) in [4.78, 5) is 40.3. The van der Waals surface area contributed by atoms with Crippen LogP contribution in [0.15, 0.2) is 60.7 Å². The summed E-state index contributed by atoms with van der Waals surface area (Å²) in [7, 11) is 3.16. The number of likely N-dealkylation sites (N-methyl/N-ethyl adjacent to an activating group) is 1. The summed E-state index contributed by atoms with van der Waals surface area (Å²) in [5, 5.41) is 5.27. The number of methoxy groups -OCH3 is 1. The quantitative estimate of drug-likeness (QED) is 0.550. The number of carbonyl (C=O) groups excluding carboxylic acids is 3. The Kier molecular flexibility index (Phi) is 7.00. The Labute approximate surface area is 207 Å². The van der Waals surface area contributed by atoms with E-state index in [0.717, 1.165) is 23.3 Å². The van der Waals surface area contributed by atoms with Crippen molar-refractivity contribution in [2.45, 2.75) is 25.4 Å². The fraction of sp³-hybridized carbons (Fsp3) is 0.222. The minimum atomic E-state index is -1.01. The molecule has 186 valence electrons. The fourth-order valence-corrected chi connectivity index (χ4v) is 4.25. The second-order valence-electron chi connectivity index (χ2n) is 8.55. The largest absolute Gasteiger partial charge is 0.497 e. The lowest BCUT2D eigenvalue weighted by Gasteiger charge is -2.24. The molecule has 0 saturated heterocycles. The number of fused-ring (bicyclic) bond motifs is 3. The van der Waals surface area contributed by atoms with Crippen LogP contribution in [0.25, 0.3) is 11.1 Å². The van der Waals surface area contributed by atoms with Gasteiger partial charge in [0.1, 0.15) is 29.5 Å². The lowest BCUT2D eigenvalue weighted by atomic mass is 9.95. The number of halogens is 2. The van der Waals surface area contributed by atoms with Gasteiger partial charge >= 0.3 is 0 Å². The first-order valence-corrected chi connectivity index (χ1v) is 11.3. The molecule has 0 aliphatic carbocycles. The Hall–Kier alpha value is -4.27. The summed E-state index contributed by atoms with van der Waals surface area (Å²) in [6.07, 6.45) is -0.308. The Morgan fingerprint density at radius 1 is 1.03 bits per heavy atom. The molecule has 1 aliphatic rings. The Bertz CT molecular complexity index is 1320. The number of nitrogens with zero attached hydrogens (tertiary/aromatic N) is 1.